The van der Waals surface area contributed by atoms with Crippen LogP contribution in [0.1, 0.15) is 0 Å². The van der Waals surface area contributed by atoms with Crippen LogP contribution in [-0.2, 0) is 24.6 Å². The summed E-state index contributed by atoms with van der Waals surface area (Å²) in [6, 6.07) is -0.694. The molecule has 1 rings (SSSR count). The van der Waals surface area contributed by atoms with Gasteiger partial charge in [0.2, 0.25) is 10.0 Å². The van der Waals surface area contributed by atoms with Crippen LogP contribution in [0.25, 0.3) is 0 Å². The van der Waals surface area contributed by atoms with E-state index in [2.05, 4.69) is 0 Å². The Morgan fingerprint density at radius 1 is 1.38 bits per heavy atom. The highest BCUT2D eigenvalue weighted by molar-refractivity contribution is 8.06. The van der Waals surface area contributed by atoms with Crippen molar-refractivity contribution in [3.8, 4) is 0 Å². The lowest BCUT2D eigenvalue weighted by Crippen LogP contribution is -2.51. The second-order valence-corrected chi connectivity index (χ2v) is 8.10. The highest BCUT2D eigenvalue weighted by atomic mass is 32.3. The molecule has 0 aromatic rings. The van der Waals surface area contributed by atoms with E-state index in [9.17, 15) is 16.8 Å². The number of morpholine rings is 1. The van der Waals surface area contributed by atoms with Gasteiger partial charge in [-0.2, -0.15) is 4.31 Å². The maximum atomic E-state index is 11.8. The molecule has 1 heterocycles. The predicted octanol–water partition coefficient (Wildman–Crippen LogP) is -1.99. The van der Waals surface area contributed by atoms with Gasteiger partial charge < -0.3 is 9.84 Å². The van der Waals surface area contributed by atoms with Crippen LogP contribution in [0.4, 0.5) is 0 Å². The highest BCUT2D eigenvalue weighted by Crippen LogP contribution is 2.13. The van der Waals surface area contributed by atoms with Gasteiger partial charge in [0.25, 0.3) is 0 Å². The minimum absolute atomic E-state index is 0.0725. The molecule has 9 heteroatoms. The Morgan fingerprint density at radius 2 is 2.00 bits per heavy atom. The molecule has 0 amide bonds. The monoisotopic (exact) mass is 273 g/mol. The van der Waals surface area contributed by atoms with Gasteiger partial charge in [-0.05, 0) is 0 Å². The molecule has 0 aliphatic carbocycles. The standard InChI is InChI=1S/C7H15NO6S2/c1-15(10,11)6-16(12,13)8-2-3-14-5-7(8)4-9/h7,9H,2-6H2,1H3. The lowest BCUT2D eigenvalue weighted by atomic mass is 10.3. The Labute approximate surface area is 95.0 Å². The van der Waals surface area contributed by atoms with Crippen LogP contribution < -0.4 is 0 Å². The van der Waals surface area contributed by atoms with Crippen LogP contribution in [0.3, 0.4) is 0 Å². The summed E-state index contributed by atoms with van der Waals surface area (Å²) in [6.45, 7) is -0.0228. The molecule has 1 atom stereocenters. The van der Waals surface area contributed by atoms with Crippen LogP contribution in [0.5, 0.6) is 0 Å². The number of ether oxygens (including phenoxy) is 1. The molecular weight excluding hydrogens is 258 g/mol. The van der Waals surface area contributed by atoms with E-state index in [1.165, 1.54) is 0 Å². The predicted molar refractivity (Wildman–Crippen MR) is 57.0 cm³/mol. The van der Waals surface area contributed by atoms with E-state index in [1.54, 1.807) is 0 Å². The lowest BCUT2D eigenvalue weighted by molar-refractivity contribution is 0.0111. The first kappa shape index (κ1) is 13.8. The molecule has 0 spiro atoms. The third-order valence-corrected chi connectivity index (χ3v) is 6.20. The smallest absolute Gasteiger partial charge is 0.229 e. The van der Waals surface area contributed by atoms with E-state index in [0.29, 0.717) is 0 Å². The fourth-order valence-corrected chi connectivity index (χ4v) is 5.13. The first-order valence-corrected chi connectivity index (χ1v) is 8.29. The average Bonchev–Trinajstić information content (AvgIpc) is 2.14. The number of sulfone groups is 1. The van der Waals surface area contributed by atoms with E-state index >= 15 is 0 Å². The van der Waals surface area contributed by atoms with Crippen molar-refractivity contribution in [2.45, 2.75) is 6.04 Å². The molecule has 96 valence electrons. The Balaban J connectivity index is 2.89. The summed E-state index contributed by atoms with van der Waals surface area (Å²) in [5, 5.41) is 8.05. The SMILES string of the molecule is CS(=O)(=O)CS(=O)(=O)N1CCOCC1CO. The first-order chi connectivity index (χ1) is 7.26. The van der Waals surface area contributed by atoms with Crippen LogP contribution in [0, 0.1) is 0 Å². The highest BCUT2D eigenvalue weighted by Gasteiger charge is 2.34. The number of rotatable bonds is 4. The Hall–Kier alpha value is -0.220. The molecule has 1 unspecified atom stereocenters. The van der Waals surface area contributed by atoms with Crippen molar-refractivity contribution < 1.29 is 26.7 Å². The van der Waals surface area contributed by atoms with Crippen molar-refractivity contribution >= 4 is 19.9 Å². The first-order valence-electron chi connectivity index (χ1n) is 4.62. The number of aliphatic hydroxyl groups is 1. The van der Waals surface area contributed by atoms with Crippen LogP contribution in [-0.4, -0.2) is 70.0 Å². The molecule has 1 N–H and O–H groups in total. The minimum Gasteiger partial charge on any atom is -0.395 e. The van der Waals surface area contributed by atoms with Gasteiger partial charge in [-0.25, -0.2) is 16.8 Å². The summed E-state index contributed by atoms with van der Waals surface area (Å²) in [4.78, 5) is 0. The van der Waals surface area contributed by atoms with E-state index < -0.39 is 31.0 Å². The molecule has 0 bridgehead atoms. The van der Waals surface area contributed by atoms with Crippen molar-refractivity contribution in [2.75, 3.05) is 37.7 Å². The molecule has 0 radical (unpaired) electrons. The quantitative estimate of drug-likeness (QED) is 0.636. The average molecular weight is 273 g/mol. The van der Waals surface area contributed by atoms with Gasteiger partial charge in [0.05, 0.1) is 25.9 Å². The zero-order chi connectivity index (χ0) is 12.4. The van der Waals surface area contributed by atoms with Crippen LogP contribution >= 0.6 is 0 Å². The summed E-state index contributed by atoms with van der Waals surface area (Å²) < 4.78 is 51.5. The summed E-state index contributed by atoms with van der Waals surface area (Å²) in [7, 11) is -7.51. The Bertz CT molecular complexity index is 428. The molecule has 1 fully saturated rings. The molecule has 1 aliphatic rings. The van der Waals surface area contributed by atoms with Gasteiger partial charge in [-0.15, -0.1) is 0 Å². The molecule has 1 saturated heterocycles. The van der Waals surface area contributed by atoms with Crippen molar-refractivity contribution in [1.82, 2.24) is 4.31 Å². The molecule has 0 aromatic heterocycles. The maximum absolute atomic E-state index is 11.8. The molecule has 7 nitrogen and oxygen atoms in total. The van der Waals surface area contributed by atoms with E-state index in [0.717, 1.165) is 10.6 Å². The zero-order valence-electron chi connectivity index (χ0n) is 8.87. The van der Waals surface area contributed by atoms with Gasteiger partial charge in [0.1, 0.15) is 0 Å². The molecule has 0 aromatic carbocycles. The van der Waals surface area contributed by atoms with Gasteiger partial charge in [0, 0.05) is 12.8 Å². The normalized spacial score (nSPS) is 24.5. The molecule has 16 heavy (non-hydrogen) atoms. The maximum Gasteiger partial charge on any atom is 0.229 e. The van der Waals surface area contributed by atoms with Gasteiger partial charge >= 0.3 is 0 Å². The second kappa shape index (κ2) is 4.96. The number of sulfonamides is 1. The third kappa shape index (κ3) is 3.67. The zero-order valence-corrected chi connectivity index (χ0v) is 10.5. The van der Waals surface area contributed by atoms with Gasteiger partial charge in [-0.3, -0.25) is 0 Å². The largest absolute Gasteiger partial charge is 0.395 e. The molecular formula is C7H15NO6S2. The van der Waals surface area contributed by atoms with Crippen LogP contribution in [0.15, 0.2) is 0 Å². The van der Waals surface area contributed by atoms with Crippen LogP contribution in [0.2, 0.25) is 0 Å². The fraction of sp³-hybridized carbons (Fsp3) is 1.00. The van der Waals surface area contributed by atoms with Crippen molar-refractivity contribution in [2.24, 2.45) is 0 Å². The third-order valence-electron chi connectivity index (χ3n) is 2.10. The van der Waals surface area contributed by atoms with Crippen molar-refractivity contribution in [3.05, 3.63) is 0 Å². The minimum atomic E-state index is -3.90. The van der Waals surface area contributed by atoms with Gasteiger partial charge in [0.15, 0.2) is 14.9 Å². The van der Waals surface area contributed by atoms with E-state index in [1.807, 2.05) is 0 Å². The number of nitrogens with zero attached hydrogens (tertiary/aromatic N) is 1. The van der Waals surface area contributed by atoms with E-state index in [4.69, 9.17) is 9.84 Å². The Kier molecular flexibility index (Phi) is 4.29. The second-order valence-electron chi connectivity index (χ2n) is 3.68. The summed E-state index contributed by atoms with van der Waals surface area (Å²) in [6.07, 6.45) is 0.860. The van der Waals surface area contributed by atoms with E-state index in [-0.39, 0.29) is 26.4 Å². The lowest BCUT2D eigenvalue weighted by Gasteiger charge is -2.33. The number of hydrogen-bond donors (Lipinski definition) is 1. The fourth-order valence-electron chi connectivity index (χ4n) is 1.49. The van der Waals surface area contributed by atoms with Crippen molar-refractivity contribution in [3.63, 3.8) is 0 Å². The molecule has 1 aliphatic heterocycles. The number of hydrogen-bond acceptors (Lipinski definition) is 6. The molecule has 0 saturated carbocycles. The summed E-state index contributed by atoms with van der Waals surface area (Å²) in [5.74, 6) is 0. The Morgan fingerprint density at radius 3 is 2.50 bits per heavy atom. The summed E-state index contributed by atoms with van der Waals surface area (Å²) >= 11 is 0. The van der Waals surface area contributed by atoms with Crippen molar-refractivity contribution in [1.29, 1.82) is 0 Å². The van der Waals surface area contributed by atoms with Gasteiger partial charge in [-0.1, -0.05) is 0 Å². The summed E-state index contributed by atoms with van der Waals surface area (Å²) in [5.41, 5.74) is 0. The topological polar surface area (TPSA) is 101 Å². The number of aliphatic hydroxyl groups excluding tert-OH is 1.